The van der Waals surface area contributed by atoms with E-state index < -0.39 is 4.92 Å². The number of nitrogens with zero attached hydrogens (tertiary/aromatic N) is 4. The molecule has 3 rings (SSSR count). The number of hydrogen-bond acceptors (Lipinski definition) is 7. The number of allylic oxidation sites excluding steroid dienone is 1. The first-order valence-corrected chi connectivity index (χ1v) is 11.4. The normalized spacial score (nSPS) is 10.6. The van der Waals surface area contributed by atoms with Gasteiger partial charge in [-0.3, -0.25) is 19.5 Å². The second-order valence-electron chi connectivity index (χ2n) is 6.42. The maximum absolute atomic E-state index is 12.3. The van der Waals surface area contributed by atoms with Crippen LogP contribution in [0.5, 0.6) is 5.75 Å². The maximum atomic E-state index is 12.3. The molecule has 2 aromatic carbocycles. The number of rotatable bonds is 10. The molecule has 0 fully saturated rings. The van der Waals surface area contributed by atoms with Crippen LogP contribution in [0, 0.1) is 10.1 Å². The summed E-state index contributed by atoms with van der Waals surface area (Å²) in [7, 11) is 0. The van der Waals surface area contributed by atoms with E-state index in [1.54, 1.807) is 28.8 Å². The van der Waals surface area contributed by atoms with Crippen LogP contribution in [0.25, 0.3) is 0 Å². The number of benzene rings is 2. The van der Waals surface area contributed by atoms with Crippen molar-refractivity contribution >= 4 is 63.8 Å². The summed E-state index contributed by atoms with van der Waals surface area (Å²) in [5, 5.41) is 23.2. The fraction of sp³-hybridized carbons (Fsp3) is 0.150. The first-order valence-electron chi connectivity index (χ1n) is 9.26. The molecule has 3 aromatic rings. The second-order valence-corrected chi connectivity index (χ2v) is 8.61. The van der Waals surface area contributed by atoms with Gasteiger partial charge in [0.2, 0.25) is 5.91 Å². The Bertz CT molecular complexity index is 1200. The van der Waals surface area contributed by atoms with Crippen LogP contribution in [-0.4, -0.2) is 31.3 Å². The van der Waals surface area contributed by atoms with Crippen molar-refractivity contribution in [3.05, 3.63) is 80.1 Å². The zero-order valence-corrected chi connectivity index (χ0v) is 19.9. The number of anilines is 1. The lowest BCUT2D eigenvalue weighted by atomic mass is 10.3. The summed E-state index contributed by atoms with van der Waals surface area (Å²) < 4.78 is 7.47. The molecule has 0 saturated heterocycles. The predicted octanol–water partition coefficient (Wildman–Crippen LogP) is 5.64. The molecule has 1 aromatic heterocycles. The van der Waals surface area contributed by atoms with Crippen molar-refractivity contribution in [1.82, 2.24) is 14.8 Å². The van der Waals surface area contributed by atoms with Gasteiger partial charge in [0.05, 0.1) is 15.7 Å². The molecular formula is C20H16Cl3N5O4S. The van der Waals surface area contributed by atoms with E-state index in [0.29, 0.717) is 33.3 Å². The second kappa shape index (κ2) is 11.4. The Morgan fingerprint density at radius 3 is 2.70 bits per heavy atom. The fourth-order valence-electron chi connectivity index (χ4n) is 2.64. The van der Waals surface area contributed by atoms with E-state index >= 15 is 0 Å². The number of nitrogens with one attached hydrogen (secondary N) is 1. The highest BCUT2D eigenvalue weighted by molar-refractivity contribution is 7.99. The highest BCUT2D eigenvalue weighted by atomic mass is 35.5. The minimum Gasteiger partial charge on any atom is -0.484 e. The average molecular weight is 529 g/mol. The monoisotopic (exact) mass is 527 g/mol. The van der Waals surface area contributed by atoms with Crippen LogP contribution in [0.2, 0.25) is 15.1 Å². The molecule has 0 radical (unpaired) electrons. The lowest BCUT2D eigenvalue weighted by Crippen LogP contribution is -2.15. The van der Waals surface area contributed by atoms with E-state index in [2.05, 4.69) is 22.1 Å². The summed E-state index contributed by atoms with van der Waals surface area (Å²) in [4.78, 5) is 22.7. The highest BCUT2D eigenvalue weighted by Gasteiger charge is 2.17. The Morgan fingerprint density at radius 1 is 1.21 bits per heavy atom. The topological polar surface area (TPSA) is 112 Å². The Morgan fingerprint density at radius 2 is 2.00 bits per heavy atom. The number of carbonyl (C=O) groups excluding carboxylic acids is 1. The quantitative estimate of drug-likeness (QED) is 0.157. The van der Waals surface area contributed by atoms with Gasteiger partial charge in [0, 0.05) is 23.3 Å². The van der Waals surface area contributed by atoms with Gasteiger partial charge in [-0.2, -0.15) is 0 Å². The molecule has 1 amide bonds. The van der Waals surface area contributed by atoms with Gasteiger partial charge in [0.15, 0.2) is 11.0 Å². The molecule has 0 bridgehead atoms. The molecule has 172 valence electrons. The van der Waals surface area contributed by atoms with Gasteiger partial charge in [0.1, 0.15) is 17.4 Å². The lowest BCUT2D eigenvalue weighted by molar-refractivity contribution is -0.384. The highest BCUT2D eigenvalue weighted by Crippen LogP contribution is 2.29. The summed E-state index contributed by atoms with van der Waals surface area (Å²) >= 11 is 19.0. The van der Waals surface area contributed by atoms with Crippen molar-refractivity contribution in [2.45, 2.75) is 18.3 Å². The van der Waals surface area contributed by atoms with Crippen molar-refractivity contribution in [2.24, 2.45) is 0 Å². The fourth-order valence-corrected chi connectivity index (χ4v) is 4.05. The molecule has 1 heterocycles. The standard InChI is InChI=1S/C20H16Cl3N5O4S/c1-2-7-27-18(10-32-17-6-3-12(21)8-15(17)23)25-26-20(27)33-11-19(29)24-13-4-5-14(22)16(9-13)28(30)31/h2-6,8-9H,1,7,10-11H2,(H,24,29). The summed E-state index contributed by atoms with van der Waals surface area (Å²) in [5.74, 6) is 0.572. The van der Waals surface area contributed by atoms with Crippen molar-refractivity contribution in [3.63, 3.8) is 0 Å². The SMILES string of the molecule is C=CCn1c(COc2ccc(Cl)cc2Cl)nnc1SCC(=O)Nc1ccc(Cl)c([N+](=O)[O-])c1. The Balaban J connectivity index is 1.64. The van der Waals surface area contributed by atoms with E-state index in [1.807, 2.05) is 0 Å². The number of nitro benzene ring substituents is 1. The van der Waals surface area contributed by atoms with Gasteiger partial charge in [-0.1, -0.05) is 52.6 Å². The van der Waals surface area contributed by atoms with Gasteiger partial charge in [0.25, 0.3) is 5.69 Å². The number of nitro groups is 1. The number of carbonyl (C=O) groups is 1. The summed E-state index contributed by atoms with van der Waals surface area (Å²) in [5.41, 5.74) is -0.0310. The molecule has 0 aliphatic rings. The van der Waals surface area contributed by atoms with Crippen molar-refractivity contribution in [1.29, 1.82) is 0 Å². The third-order valence-corrected chi connectivity index (χ3v) is 5.93. The first-order chi connectivity index (χ1) is 15.8. The van der Waals surface area contributed by atoms with E-state index in [4.69, 9.17) is 39.5 Å². The average Bonchev–Trinajstić information content (AvgIpc) is 3.14. The Hall–Kier alpha value is -2.79. The van der Waals surface area contributed by atoms with Crippen LogP contribution < -0.4 is 10.1 Å². The maximum Gasteiger partial charge on any atom is 0.289 e. The van der Waals surface area contributed by atoms with Gasteiger partial charge in [-0.05, 0) is 30.3 Å². The number of ether oxygens (including phenoxy) is 1. The van der Waals surface area contributed by atoms with Crippen LogP contribution in [0.1, 0.15) is 5.82 Å². The number of halogens is 3. The molecule has 9 nitrogen and oxygen atoms in total. The van der Waals surface area contributed by atoms with E-state index in [1.165, 1.54) is 18.2 Å². The van der Waals surface area contributed by atoms with Gasteiger partial charge < -0.3 is 10.1 Å². The van der Waals surface area contributed by atoms with Crippen molar-refractivity contribution in [3.8, 4) is 5.75 Å². The molecular weight excluding hydrogens is 513 g/mol. The minimum atomic E-state index is -0.620. The van der Waals surface area contributed by atoms with Crippen LogP contribution in [0.4, 0.5) is 11.4 Å². The zero-order valence-electron chi connectivity index (χ0n) is 16.8. The molecule has 0 aliphatic carbocycles. The summed E-state index contributed by atoms with van der Waals surface area (Å²) in [6.45, 7) is 4.22. The molecule has 0 spiro atoms. The summed E-state index contributed by atoms with van der Waals surface area (Å²) in [6, 6.07) is 8.91. The van der Waals surface area contributed by atoms with E-state index in [9.17, 15) is 14.9 Å². The van der Waals surface area contributed by atoms with E-state index in [0.717, 1.165) is 11.8 Å². The lowest BCUT2D eigenvalue weighted by Gasteiger charge is -2.10. The van der Waals surface area contributed by atoms with Crippen LogP contribution in [0.3, 0.4) is 0 Å². The van der Waals surface area contributed by atoms with Gasteiger partial charge in [-0.25, -0.2) is 0 Å². The number of hydrogen-bond donors (Lipinski definition) is 1. The van der Waals surface area contributed by atoms with Crippen molar-refractivity contribution < 1.29 is 14.5 Å². The molecule has 0 aliphatic heterocycles. The molecule has 0 atom stereocenters. The number of amides is 1. The predicted molar refractivity (Wildman–Crippen MR) is 128 cm³/mol. The zero-order chi connectivity index (χ0) is 24.0. The van der Waals surface area contributed by atoms with E-state index in [-0.39, 0.29) is 34.7 Å². The Labute approximate surface area is 207 Å². The third kappa shape index (κ3) is 6.61. The van der Waals surface area contributed by atoms with Crippen LogP contribution >= 0.6 is 46.6 Å². The van der Waals surface area contributed by atoms with Gasteiger partial charge >= 0.3 is 0 Å². The molecule has 0 unspecified atom stereocenters. The number of thioether (sulfide) groups is 1. The Kier molecular flexibility index (Phi) is 8.56. The largest absolute Gasteiger partial charge is 0.484 e. The first kappa shape index (κ1) is 24.8. The summed E-state index contributed by atoms with van der Waals surface area (Å²) in [6.07, 6.45) is 1.67. The molecule has 13 heteroatoms. The smallest absolute Gasteiger partial charge is 0.289 e. The molecule has 0 saturated carbocycles. The van der Waals surface area contributed by atoms with Gasteiger partial charge in [-0.15, -0.1) is 16.8 Å². The van der Waals surface area contributed by atoms with Crippen molar-refractivity contribution in [2.75, 3.05) is 11.1 Å². The minimum absolute atomic E-state index is 0.00439. The molecule has 1 N–H and O–H groups in total. The number of aromatic nitrogens is 3. The third-order valence-electron chi connectivity index (χ3n) is 4.11. The van der Waals surface area contributed by atoms with Crippen LogP contribution in [-0.2, 0) is 17.9 Å². The molecule has 33 heavy (non-hydrogen) atoms. The van der Waals surface area contributed by atoms with Crippen LogP contribution in [0.15, 0.2) is 54.2 Å².